The molecular weight excluding hydrogens is 248 g/mol. The van der Waals surface area contributed by atoms with Crippen LogP contribution in [-0.4, -0.2) is 79.1 Å². The minimum atomic E-state index is 0.255. The molecule has 0 unspecified atom stereocenters. The van der Waals surface area contributed by atoms with Crippen LogP contribution in [0.1, 0.15) is 39.5 Å². The van der Waals surface area contributed by atoms with Crippen molar-refractivity contribution in [3.63, 3.8) is 0 Å². The lowest BCUT2D eigenvalue weighted by molar-refractivity contribution is -0.00226. The van der Waals surface area contributed by atoms with Gasteiger partial charge in [0.2, 0.25) is 0 Å². The van der Waals surface area contributed by atoms with Crippen LogP contribution in [0.15, 0.2) is 0 Å². The van der Waals surface area contributed by atoms with Crippen LogP contribution in [0.4, 0.5) is 0 Å². The second-order valence-electron chi connectivity index (χ2n) is 6.64. The molecule has 0 radical (unpaired) electrons. The van der Waals surface area contributed by atoms with E-state index in [1.807, 2.05) is 0 Å². The van der Waals surface area contributed by atoms with Crippen LogP contribution in [0.5, 0.6) is 0 Å². The highest BCUT2D eigenvalue weighted by molar-refractivity contribution is 4.98. The molecule has 2 N–H and O–H groups in total. The Morgan fingerprint density at radius 3 is 1.95 bits per heavy atom. The van der Waals surface area contributed by atoms with E-state index in [2.05, 4.69) is 35.6 Å². The van der Waals surface area contributed by atoms with Gasteiger partial charge in [-0.1, -0.05) is 13.8 Å². The number of nitrogens with two attached hydrogens (primary N) is 1. The van der Waals surface area contributed by atoms with Crippen LogP contribution in [0.3, 0.4) is 0 Å². The number of likely N-dealkylation sites (N-methyl/N-ethyl adjacent to an activating group) is 1. The van der Waals surface area contributed by atoms with E-state index in [1.165, 1.54) is 65.0 Å². The Bertz CT molecular complexity index is 278. The maximum atomic E-state index is 6.22. The summed E-state index contributed by atoms with van der Waals surface area (Å²) in [6, 6.07) is 0.731. The summed E-state index contributed by atoms with van der Waals surface area (Å²) in [5.74, 6) is 0. The normalized spacial score (nSPS) is 26.2. The van der Waals surface area contributed by atoms with Gasteiger partial charge in [0, 0.05) is 18.1 Å². The number of likely N-dealkylation sites (tertiary alicyclic amines) is 2. The molecule has 0 aromatic rings. The molecule has 0 aromatic heterocycles. The lowest BCUT2D eigenvalue weighted by atomic mass is 9.83. The zero-order valence-corrected chi connectivity index (χ0v) is 13.8. The van der Waals surface area contributed by atoms with E-state index in [0.29, 0.717) is 0 Å². The van der Waals surface area contributed by atoms with Crippen LogP contribution >= 0.6 is 0 Å². The van der Waals surface area contributed by atoms with Gasteiger partial charge in [0.25, 0.3) is 0 Å². The molecule has 2 saturated heterocycles. The highest BCUT2D eigenvalue weighted by Gasteiger charge is 2.40. The molecule has 118 valence electrons. The fourth-order valence-corrected chi connectivity index (χ4v) is 4.00. The minimum Gasteiger partial charge on any atom is -0.329 e. The standard InChI is InChI=1S/C16H34N4/c1-4-19-10-6-15(7-11-19)18(3)16(14-17)8-12-20(5-2)13-9-16/h15H,4-14,17H2,1-3H3. The smallest absolute Gasteiger partial charge is 0.0355 e. The first-order valence-electron chi connectivity index (χ1n) is 8.53. The van der Waals surface area contributed by atoms with Gasteiger partial charge in [0.1, 0.15) is 0 Å². The van der Waals surface area contributed by atoms with E-state index < -0.39 is 0 Å². The molecule has 2 aliphatic heterocycles. The number of piperidine rings is 2. The van der Waals surface area contributed by atoms with Gasteiger partial charge in [0.05, 0.1) is 0 Å². The van der Waals surface area contributed by atoms with Gasteiger partial charge in [0.15, 0.2) is 0 Å². The first-order valence-corrected chi connectivity index (χ1v) is 8.53. The fraction of sp³-hybridized carbons (Fsp3) is 1.00. The molecule has 0 aliphatic carbocycles. The van der Waals surface area contributed by atoms with Gasteiger partial charge < -0.3 is 15.5 Å². The maximum Gasteiger partial charge on any atom is 0.0355 e. The van der Waals surface area contributed by atoms with Crippen molar-refractivity contribution in [2.75, 3.05) is 52.9 Å². The average molecular weight is 282 g/mol. The Morgan fingerprint density at radius 1 is 1.00 bits per heavy atom. The van der Waals surface area contributed by atoms with Crippen LogP contribution in [-0.2, 0) is 0 Å². The fourth-order valence-electron chi connectivity index (χ4n) is 4.00. The Balaban J connectivity index is 1.94. The Hall–Kier alpha value is -0.160. The Kier molecular flexibility index (Phi) is 5.84. The third-order valence-electron chi connectivity index (χ3n) is 5.91. The molecule has 2 heterocycles. The van der Waals surface area contributed by atoms with Crippen LogP contribution in [0, 0.1) is 0 Å². The largest absolute Gasteiger partial charge is 0.329 e. The van der Waals surface area contributed by atoms with Gasteiger partial charge in [-0.25, -0.2) is 0 Å². The molecule has 0 atom stereocenters. The summed E-state index contributed by atoms with van der Waals surface area (Å²) in [4.78, 5) is 7.79. The summed E-state index contributed by atoms with van der Waals surface area (Å²) < 4.78 is 0. The third kappa shape index (κ3) is 3.35. The molecule has 0 spiro atoms. The molecular formula is C16H34N4. The predicted molar refractivity (Wildman–Crippen MR) is 86.0 cm³/mol. The second-order valence-corrected chi connectivity index (χ2v) is 6.64. The molecule has 2 fully saturated rings. The number of hydrogen-bond donors (Lipinski definition) is 1. The third-order valence-corrected chi connectivity index (χ3v) is 5.91. The number of nitrogens with zero attached hydrogens (tertiary/aromatic N) is 3. The molecule has 4 heteroatoms. The van der Waals surface area contributed by atoms with Crippen molar-refractivity contribution >= 4 is 0 Å². The topological polar surface area (TPSA) is 35.7 Å². The van der Waals surface area contributed by atoms with Crippen LogP contribution < -0.4 is 5.73 Å². The predicted octanol–water partition coefficient (Wildman–Crippen LogP) is 1.22. The van der Waals surface area contributed by atoms with Crippen molar-refractivity contribution in [2.45, 2.75) is 51.1 Å². The highest BCUT2D eigenvalue weighted by Crippen LogP contribution is 2.31. The Labute approximate surface area is 125 Å². The van der Waals surface area contributed by atoms with Crippen molar-refractivity contribution in [1.82, 2.24) is 14.7 Å². The van der Waals surface area contributed by atoms with Crippen molar-refractivity contribution in [3.8, 4) is 0 Å². The molecule has 20 heavy (non-hydrogen) atoms. The molecule has 0 bridgehead atoms. The van der Waals surface area contributed by atoms with Crippen molar-refractivity contribution in [2.24, 2.45) is 5.73 Å². The van der Waals surface area contributed by atoms with Gasteiger partial charge in [-0.05, 0) is 72.0 Å². The number of rotatable bonds is 5. The summed E-state index contributed by atoms with van der Waals surface area (Å²) in [5, 5.41) is 0. The SMILES string of the molecule is CCN1CCC(N(C)C2(CN)CCN(CC)CC2)CC1. The molecule has 0 aromatic carbocycles. The van der Waals surface area contributed by atoms with Crippen LogP contribution in [0.25, 0.3) is 0 Å². The van der Waals surface area contributed by atoms with E-state index in [9.17, 15) is 0 Å². The first kappa shape index (κ1) is 16.2. The quantitative estimate of drug-likeness (QED) is 0.822. The lowest BCUT2D eigenvalue weighted by Gasteiger charge is -2.51. The summed E-state index contributed by atoms with van der Waals surface area (Å²) in [6.07, 6.45) is 5.09. The molecule has 2 rings (SSSR count). The van der Waals surface area contributed by atoms with Crippen molar-refractivity contribution in [1.29, 1.82) is 0 Å². The highest BCUT2D eigenvalue weighted by atomic mass is 15.3. The van der Waals surface area contributed by atoms with Gasteiger partial charge in [-0.2, -0.15) is 0 Å². The average Bonchev–Trinajstić information content (AvgIpc) is 2.54. The first-order chi connectivity index (χ1) is 9.65. The van der Waals surface area contributed by atoms with E-state index >= 15 is 0 Å². The van der Waals surface area contributed by atoms with Crippen molar-refractivity contribution in [3.05, 3.63) is 0 Å². The zero-order chi connectivity index (χ0) is 14.6. The van der Waals surface area contributed by atoms with Gasteiger partial charge in [-0.15, -0.1) is 0 Å². The van der Waals surface area contributed by atoms with E-state index in [-0.39, 0.29) is 5.54 Å². The van der Waals surface area contributed by atoms with Gasteiger partial charge >= 0.3 is 0 Å². The summed E-state index contributed by atoms with van der Waals surface area (Å²) in [5.41, 5.74) is 6.47. The maximum absolute atomic E-state index is 6.22. The summed E-state index contributed by atoms with van der Waals surface area (Å²) in [7, 11) is 2.33. The molecule has 0 saturated carbocycles. The second kappa shape index (κ2) is 7.21. The Morgan fingerprint density at radius 2 is 1.50 bits per heavy atom. The van der Waals surface area contributed by atoms with Crippen molar-refractivity contribution < 1.29 is 0 Å². The minimum absolute atomic E-state index is 0.255. The van der Waals surface area contributed by atoms with Gasteiger partial charge in [-0.3, -0.25) is 4.90 Å². The van der Waals surface area contributed by atoms with E-state index in [0.717, 1.165) is 12.6 Å². The van der Waals surface area contributed by atoms with E-state index in [1.54, 1.807) is 0 Å². The molecule has 0 amide bonds. The molecule has 4 nitrogen and oxygen atoms in total. The monoisotopic (exact) mass is 282 g/mol. The summed E-state index contributed by atoms with van der Waals surface area (Å²) in [6.45, 7) is 12.7. The lowest BCUT2D eigenvalue weighted by Crippen LogP contribution is -2.62. The zero-order valence-electron chi connectivity index (χ0n) is 13.8. The summed E-state index contributed by atoms with van der Waals surface area (Å²) >= 11 is 0. The molecule has 2 aliphatic rings. The van der Waals surface area contributed by atoms with Crippen LogP contribution in [0.2, 0.25) is 0 Å². The van der Waals surface area contributed by atoms with E-state index in [4.69, 9.17) is 5.73 Å². The number of hydrogen-bond acceptors (Lipinski definition) is 4.